The fourth-order valence-electron chi connectivity index (χ4n) is 1.96. The van der Waals surface area contributed by atoms with E-state index < -0.39 is 0 Å². The number of rotatable bonds is 1. The van der Waals surface area contributed by atoms with Crippen LogP contribution in [0, 0.1) is 10.6 Å². The van der Waals surface area contributed by atoms with Gasteiger partial charge in [-0.1, -0.05) is 23.7 Å². The summed E-state index contributed by atoms with van der Waals surface area (Å²) in [6, 6.07) is 12.0. The molecule has 0 saturated heterocycles. The van der Waals surface area contributed by atoms with E-state index in [1.807, 2.05) is 24.3 Å². The highest BCUT2D eigenvalue weighted by Gasteiger charge is 2.09. The Morgan fingerprint density at radius 1 is 1.17 bits per heavy atom. The van der Waals surface area contributed by atoms with Crippen LogP contribution < -0.4 is 0 Å². The Labute approximate surface area is 113 Å². The van der Waals surface area contributed by atoms with Crippen LogP contribution in [0.15, 0.2) is 42.5 Å². The number of nitrogens with one attached hydrogen (secondary N) is 1. The number of benzene rings is 2. The van der Waals surface area contributed by atoms with Crippen LogP contribution in [0.3, 0.4) is 0 Å². The molecule has 2 aromatic carbocycles. The molecule has 0 aliphatic heterocycles. The minimum absolute atomic E-state index is 0.329. The average molecular weight is 279 g/mol. The molecule has 0 unspecified atom stereocenters. The monoisotopic (exact) mass is 278 g/mol. The number of halogens is 2. The minimum Gasteiger partial charge on any atom is -0.330 e. The van der Waals surface area contributed by atoms with Crippen LogP contribution in [0.5, 0.6) is 0 Å². The third-order valence-electron chi connectivity index (χ3n) is 2.74. The summed E-state index contributed by atoms with van der Waals surface area (Å²) >= 11 is 11.4. The summed E-state index contributed by atoms with van der Waals surface area (Å²) in [6.45, 7) is 0. The van der Waals surface area contributed by atoms with Gasteiger partial charge in [0.1, 0.15) is 5.82 Å². The summed E-state index contributed by atoms with van der Waals surface area (Å²) in [5, 5.41) is 0.329. The van der Waals surface area contributed by atoms with Crippen molar-refractivity contribution in [3.8, 4) is 5.69 Å². The van der Waals surface area contributed by atoms with Crippen LogP contribution in [-0.4, -0.2) is 9.55 Å². The first-order valence-electron chi connectivity index (χ1n) is 5.32. The van der Waals surface area contributed by atoms with Crippen molar-refractivity contribution in [2.24, 2.45) is 0 Å². The van der Waals surface area contributed by atoms with Gasteiger partial charge in [0.05, 0.1) is 21.7 Å². The van der Waals surface area contributed by atoms with E-state index in [2.05, 4.69) is 4.98 Å². The number of hydrogen-bond acceptors (Lipinski definition) is 1. The summed E-state index contributed by atoms with van der Waals surface area (Å²) in [6.07, 6.45) is 0. The molecule has 0 atom stereocenters. The van der Waals surface area contributed by atoms with Crippen LogP contribution in [-0.2, 0) is 0 Å². The summed E-state index contributed by atoms with van der Waals surface area (Å²) < 4.78 is 15.4. The van der Waals surface area contributed by atoms with E-state index in [4.69, 9.17) is 23.8 Å². The van der Waals surface area contributed by atoms with Crippen molar-refractivity contribution < 1.29 is 4.39 Å². The molecule has 0 aliphatic rings. The van der Waals surface area contributed by atoms with E-state index >= 15 is 0 Å². The Bertz CT molecular complexity index is 791. The molecule has 1 heterocycles. The van der Waals surface area contributed by atoms with Gasteiger partial charge in [-0.3, -0.25) is 4.57 Å². The highest BCUT2D eigenvalue weighted by atomic mass is 35.5. The molecule has 1 N–H and O–H groups in total. The van der Waals surface area contributed by atoms with Crippen molar-refractivity contribution in [1.29, 1.82) is 0 Å². The maximum atomic E-state index is 13.1. The highest BCUT2D eigenvalue weighted by Crippen LogP contribution is 2.26. The normalized spacial score (nSPS) is 11.0. The van der Waals surface area contributed by atoms with E-state index in [9.17, 15) is 4.39 Å². The molecule has 18 heavy (non-hydrogen) atoms. The Hall–Kier alpha value is -1.65. The second-order valence-electron chi connectivity index (χ2n) is 3.88. The predicted molar refractivity (Wildman–Crippen MR) is 73.4 cm³/mol. The third kappa shape index (κ3) is 1.74. The molecule has 0 amide bonds. The zero-order valence-electron chi connectivity index (χ0n) is 9.15. The van der Waals surface area contributed by atoms with Crippen molar-refractivity contribution in [1.82, 2.24) is 9.55 Å². The Morgan fingerprint density at radius 3 is 2.72 bits per heavy atom. The van der Waals surface area contributed by atoms with Gasteiger partial charge >= 0.3 is 0 Å². The van der Waals surface area contributed by atoms with Crippen molar-refractivity contribution >= 4 is 34.9 Å². The van der Waals surface area contributed by atoms with Gasteiger partial charge in [0.2, 0.25) is 0 Å². The Morgan fingerprint density at radius 2 is 1.94 bits per heavy atom. The van der Waals surface area contributed by atoms with Crippen molar-refractivity contribution in [2.75, 3.05) is 0 Å². The van der Waals surface area contributed by atoms with Gasteiger partial charge in [-0.25, -0.2) is 4.39 Å². The lowest BCUT2D eigenvalue weighted by atomic mass is 10.2. The van der Waals surface area contributed by atoms with Crippen LogP contribution >= 0.6 is 23.8 Å². The van der Waals surface area contributed by atoms with Crippen LogP contribution in [0.2, 0.25) is 5.02 Å². The van der Waals surface area contributed by atoms with E-state index in [0.717, 1.165) is 11.0 Å². The van der Waals surface area contributed by atoms with Gasteiger partial charge in [0.25, 0.3) is 0 Å². The number of aromatic nitrogens is 2. The molecule has 0 fully saturated rings. The molecule has 0 aliphatic carbocycles. The zero-order chi connectivity index (χ0) is 12.7. The summed E-state index contributed by atoms with van der Waals surface area (Å²) in [5.41, 5.74) is 2.50. The highest BCUT2D eigenvalue weighted by molar-refractivity contribution is 7.71. The number of H-pyrrole nitrogens is 1. The van der Waals surface area contributed by atoms with Crippen molar-refractivity contribution in [2.45, 2.75) is 0 Å². The maximum absolute atomic E-state index is 13.1. The van der Waals surface area contributed by atoms with Crippen LogP contribution in [0.25, 0.3) is 16.7 Å². The molecule has 0 spiro atoms. The lowest BCUT2D eigenvalue weighted by Crippen LogP contribution is -1.95. The smallest absolute Gasteiger partial charge is 0.182 e. The van der Waals surface area contributed by atoms with Crippen molar-refractivity contribution in [3.05, 3.63) is 58.1 Å². The van der Waals surface area contributed by atoms with E-state index in [1.54, 1.807) is 10.6 Å². The Balaban J connectivity index is 2.38. The first-order chi connectivity index (χ1) is 8.66. The second-order valence-corrected chi connectivity index (χ2v) is 4.67. The summed E-state index contributed by atoms with van der Waals surface area (Å²) in [4.78, 5) is 3.09. The standard InChI is InChI=1S/C13H8ClFN2S/c14-9-7-8(15)5-6-11(9)17-12-4-2-1-3-10(12)16-13(17)18/h1-7H,(H,16,18). The largest absolute Gasteiger partial charge is 0.330 e. The zero-order valence-corrected chi connectivity index (χ0v) is 10.7. The van der Waals surface area contributed by atoms with Crippen molar-refractivity contribution in [3.63, 3.8) is 0 Å². The average Bonchev–Trinajstić information content (AvgIpc) is 2.66. The fourth-order valence-corrected chi connectivity index (χ4v) is 2.52. The minimum atomic E-state index is -0.366. The molecule has 0 saturated carbocycles. The fraction of sp³-hybridized carbons (Fsp3) is 0. The topological polar surface area (TPSA) is 20.7 Å². The van der Waals surface area contributed by atoms with E-state index in [1.165, 1.54) is 12.1 Å². The SMILES string of the molecule is Fc1ccc(-n2c(=S)[nH]c3ccccc32)c(Cl)c1. The number of hydrogen-bond donors (Lipinski definition) is 1. The quantitative estimate of drug-likeness (QED) is 0.651. The first kappa shape index (κ1) is 11.4. The van der Waals surface area contributed by atoms with Crippen LogP contribution in [0.4, 0.5) is 4.39 Å². The van der Waals surface area contributed by atoms with Gasteiger partial charge < -0.3 is 4.98 Å². The van der Waals surface area contributed by atoms with E-state index in [-0.39, 0.29) is 5.82 Å². The van der Waals surface area contributed by atoms with Gasteiger partial charge in [-0.15, -0.1) is 0 Å². The number of para-hydroxylation sites is 2. The van der Waals surface area contributed by atoms with Gasteiger partial charge in [-0.05, 0) is 42.5 Å². The number of aromatic amines is 1. The number of imidazole rings is 1. The summed E-state index contributed by atoms with van der Waals surface area (Å²) in [5.74, 6) is -0.366. The van der Waals surface area contributed by atoms with Crippen LogP contribution in [0.1, 0.15) is 0 Å². The Kier molecular flexibility index (Phi) is 2.69. The molecular formula is C13H8ClFN2S. The van der Waals surface area contributed by atoms with Gasteiger partial charge in [0.15, 0.2) is 4.77 Å². The molecular weight excluding hydrogens is 271 g/mol. The summed E-state index contributed by atoms with van der Waals surface area (Å²) in [7, 11) is 0. The number of fused-ring (bicyclic) bond motifs is 1. The first-order valence-corrected chi connectivity index (χ1v) is 6.10. The van der Waals surface area contributed by atoms with Gasteiger partial charge in [-0.2, -0.15) is 0 Å². The molecule has 0 bridgehead atoms. The van der Waals surface area contributed by atoms with E-state index in [0.29, 0.717) is 15.5 Å². The van der Waals surface area contributed by atoms with Gasteiger partial charge in [0, 0.05) is 0 Å². The lowest BCUT2D eigenvalue weighted by Gasteiger charge is -2.06. The molecule has 2 nitrogen and oxygen atoms in total. The molecule has 0 radical (unpaired) electrons. The predicted octanol–water partition coefficient (Wildman–Crippen LogP) is 4.48. The third-order valence-corrected chi connectivity index (χ3v) is 3.33. The molecule has 3 aromatic rings. The number of nitrogens with zero attached hydrogens (tertiary/aromatic N) is 1. The lowest BCUT2D eigenvalue weighted by molar-refractivity contribution is 0.627. The second kappa shape index (κ2) is 4.23. The molecule has 5 heteroatoms. The molecule has 1 aromatic heterocycles. The molecule has 3 rings (SSSR count). The molecule has 90 valence electrons. The maximum Gasteiger partial charge on any atom is 0.182 e.